The molecule has 0 N–H and O–H groups in total. The summed E-state index contributed by atoms with van der Waals surface area (Å²) in [6, 6.07) is 6.80. The molecule has 3 aliphatic rings. The van der Waals surface area contributed by atoms with Gasteiger partial charge in [0.15, 0.2) is 0 Å². The number of likely N-dealkylation sites (tertiary alicyclic amines) is 1. The average Bonchev–Trinajstić information content (AvgIpc) is 3.69. The molecule has 1 aromatic carbocycles. The van der Waals surface area contributed by atoms with Crippen molar-refractivity contribution in [3.8, 4) is 0 Å². The maximum atomic E-state index is 13.5. The zero-order valence-corrected chi connectivity index (χ0v) is 20.4. The van der Waals surface area contributed by atoms with Gasteiger partial charge in [0.2, 0.25) is 15.9 Å². The van der Waals surface area contributed by atoms with E-state index in [0.717, 1.165) is 45.3 Å². The lowest BCUT2D eigenvalue weighted by molar-refractivity contribution is -0.141. The first kappa shape index (κ1) is 24.2. The molecule has 1 aromatic rings. The minimum absolute atomic E-state index is 0.0380. The number of methoxy groups -OCH3 is 1. The topological polar surface area (TPSA) is 87.2 Å². The van der Waals surface area contributed by atoms with Gasteiger partial charge in [0.25, 0.3) is 0 Å². The molecule has 0 radical (unpaired) electrons. The number of piperidine rings is 2. The third-order valence-corrected chi connectivity index (χ3v) is 9.26. The number of nitrogens with zero attached hydrogens (tertiary/aromatic N) is 3. The van der Waals surface area contributed by atoms with E-state index in [2.05, 4.69) is 16.7 Å². The van der Waals surface area contributed by atoms with Gasteiger partial charge in [-0.2, -0.15) is 4.31 Å². The number of benzene rings is 1. The van der Waals surface area contributed by atoms with Crippen molar-refractivity contribution >= 4 is 21.9 Å². The van der Waals surface area contributed by atoms with Gasteiger partial charge in [0, 0.05) is 44.2 Å². The lowest BCUT2D eigenvalue weighted by atomic mass is 9.94. The molecule has 2 saturated heterocycles. The van der Waals surface area contributed by atoms with Crippen LogP contribution < -0.4 is 0 Å². The van der Waals surface area contributed by atoms with Crippen molar-refractivity contribution in [3.05, 3.63) is 29.8 Å². The summed E-state index contributed by atoms with van der Waals surface area (Å²) in [6.45, 7) is 5.86. The number of hydrogen-bond donors (Lipinski definition) is 0. The fraction of sp³-hybridized carbons (Fsp3) is 0.667. The highest BCUT2D eigenvalue weighted by Gasteiger charge is 2.42. The Morgan fingerprint density at radius 1 is 0.970 bits per heavy atom. The molecule has 2 heterocycles. The summed E-state index contributed by atoms with van der Waals surface area (Å²) < 4.78 is 32.7. The molecule has 1 saturated carbocycles. The van der Waals surface area contributed by atoms with Crippen molar-refractivity contribution < 1.29 is 22.7 Å². The van der Waals surface area contributed by atoms with Crippen molar-refractivity contribution in [1.29, 1.82) is 0 Å². The number of amides is 1. The Balaban J connectivity index is 1.42. The summed E-state index contributed by atoms with van der Waals surface area (Å²) in [7, 11) is -2.61. The number of sulfonamides is 1. The van der Waals surface area contributed by atoms with Crippen LogP contribution in [0.4, 0.5) is 0 Å². The largest absolute Gasteiger partial charge is 0.465 e. The fourth-order valence-corrected chi connectivity index (χ4v) is 6.84. The van der Waals surface area contributed by atoms with Crippen LogP contribution in [0.5, 0.6) is 0 Å². The summed E-state index contributed by atoms with van der Waals surface area (Å²) in [5.41, 5.74) is 0.0385. The van der Waals surface area contributed by atoms with Crippen LogP contribution in [-0.4, -0.2) is 86.3 Å². The first-order chi connectivity index (χ1) is 15.9. The summed E-state index contributed by atoms with van der Waals surface area (Å²) >= 11 is 0. The first-order valence-electron chi connectivity index (χ1n) is 12.1. The average molecular weight is 478 g/mol. The van der Waals surface area contributed by atoms with E-state index in [1.54, 1.807) is 12.1 Å². The number of ether oxygens (including phenoxy) is 1. The maximum Gasteiger partial charge on any atom is 0.339 e. The lowest BCUT2D eigenvalue weighted by Gasteiger charge is -2.41. The van der Waals surface area contributed by atoms with Crippen molar-refractivity contribution in [1.82, 2.24) is 14.1 Å². The Labute approximate surface area is 196 Å². The Hall–Kier alpha value is -1.97. The van der Waals surface area contributed by atoms with E-state index in [0.29, 0.717) is 24.9 Å². The smallest absolute Gasteiger partial charge is 0.339 e. The van der Waals surface area contributed by atoms with Crippen molar-refractivity contribution in [2.24, 2.45) is 5.92 Å². The highest BCUT2D eigenvalue weighted by atomic mass is 32.2. The SMILES string of the molecule is CCN1CCC(N(C(=O)C2CCN(S(=O)(=O)c3ccccc3C(=O)OC)CC2)C2CC2)CC1. The van der Waals surface area contributed by atoms with Crippen LogP contribution in [0.2, 0.25) is 0 Å². The van der Waals surface area contributed by atoms with Gasteiger partial charge < -0.3 is 14.5 Å². The Kier molecular flexibility index (Phi) is 7.40. The second kappa shape index (κ2) is 10.1. The van der Waals surface area contributed by atoms with Crippen LogP contribution in [-0.2, 0) is 19.6 Å². The van der Waals surface area contributed by atoms with Gasteiger partial charge in [-0.05, 0) is 57.2 Å². The molecule has 0 aromatic heterocycles. The molecular weight excluding hydrogens is 442 g/mol. The Bertz CT molecular complexity index is 962. The van der Waals surface area contributed by atoms with Gasteiger partial charge in [0.05, 0.1) is 17.6 Å². The van der Waals surface area contributed by atoms with E-state index in [-0.39, 0.29) is 35.4 Å². The molecule has 33 heavy (non-hydrogen) atoms. The molecular formula is C24H35N3O5S. The maximum absolute atomic E-state index is 13.5. The highest BCUT2D eigenvalue weighted by molar-refractivity contribution is 7.89. The van der Waals surface area contributed by atoms with Crippen LogP contribution in [0.25, 0.3) is 0 Å². The van der Waals surface area contributed by atoms with Gasteiger partial charge >= 0.3 is 5.97 Å². The van der Waals surface area contributed by atoms with Crippen molar-refractivity contribution in [2.45, 2.75) is 62.4 Å². The number of carbonyl (C=O) groups is 2. The van der Waals surface area contributed by atoms with E-state index < -0.39 is 16.0 Å². The van der Waals surface area contributed by atoms with Gasteiger partial charge in [-0.1, -0.05) is 19.1 Å². The van der Waals surface area contributed by atoms with E-state index in [1.165, 1.54) is 23.5 Å². The fourth-order valence-electron chi connectivity index (χ4n) is 5.19. The zero-order valence-electron chi connectivity index (χ0n) is 19.6. The Morgan fingerprint density at radius 2 is 1.58 bits per heavy atom. The third-order valence-electron chi connectivity index (χ3n) is 7.31. The molecule has 9 heteroatoms. The second-order valence-electron chi connectivity index (χ2n) is 9.31. The standard InChI is InChI=1S/C24H35N3O5S/c1-3-25-14-12-20(13-15-25)27(19-8-9-19)23(28)18-10-16-26(17-11-18)33(30,31)22-7-5-4-6-21(22)24(29)32-2/h4-7,18-20H,3,8-17H2,1-2H3. The quantitative estimate of drug-likeness (QED) is 0.561. The molecule has 1 amide bonds. The molecule has 4 rings (SSSR count). The van der Waals surface area contributed by atoms with Gasteiger partial charge in [-0.15, -0.1) is 0 Å². The normalized spacial score (nSPS) is 21.6. The molecule has 3 fully saturated rings. The minimum atomic E-state index is -3.85. The third kappa shape index (κ3) is 5.10. The second-order valence-corrected chi connectivity index (χ2v) is 11.2. The van der Waals surface area contributed by atoms with Crippen molar-refractivity contribution in [3.63, 3.8) is 0 Å². The molecule has 0 bridgehead atoms. The number of rotatable bonds is 7. The Morgan fingerprint density at radius 3 is 2.15 bits per heavy atom. The van der Waals surface area contributed by atoms with Gasteiger partial charge in [-0.3, -0.25) is 4.79 Å². The minimum Gasteiger partial charge on any atom is -0.465 e. The van der Waals surface area contributed by atoms with Crippen molar-refractivity contribution in [2.75, 3.05) is 39.8 Å². The van der Waals surface area contributed by atoms with Crippen LogP contribution in [0.15, 0.2) is 29.2 Å². The summed E-state index contributed by atoms with van der Waals surface area (Å²) in [5, 5.41) is 0. The molecule has 2 aliphatic heterocycles. The van der Waals surface area contributed by atoms with Gasteiger partial charge in [-0.25, -0.2) is 13.2 Å². The van der Waals surface area contributed by atoms with E-state index >= 15 is 0 Å². The van der Waals surface area contributed by atoms with Crippen LogP contribution >= 0.6 is 0 Å². The molecule has 8 nitrogen and oxygen atoms in total. The molecule has 0 unspecified atom stereocenters. The van der Waals surface area contributed by atoms with Crippen LogP contribution in [0.3, 0.4) is 0 Å². The molecule has 1 aliphatic carbocycles. The molecule has 0 spiro atoms. The summed E-state index contributed by atoms with van der Waals surface area (Å²) in [5.74, 6) is -0.606. The van der Waals surface area contributed by atoms with Crippen LogP contribution in [0, 0.1) is 5.92 Å². The summed E-state index contributed by atoms with van der Waals surface area (Å²) in [6.07, 6.45) is 5.22. The predicted octanol–water partition coefficient (Wildman–Crippen LogP) is 2.35. The van der Waals surface area contributed by atoms with E-state index in [4.69, 9.17) is 4.74 Å². The van der Waals surface area contributed by atoms with E-state index in [1.807, 2.05) is 0 Å². The lowest BCUT2D eigenvalue weighted by Crippen LogP contribution is -2.51. The van der Waals surface area contributed by atoms with Gasteiger partial charge in [0.1, 0.15) is 0 Å². The zero-order chi connectivity index (χ0) is 23.6. The first-order valence-corrected chi connectivity index (χ1v) is 13.5. The predicted molar refractivity (Wildman–Crippen MR) is 124 cm³/mol. The molecule has 182 valence electrons. The number of carbonyl (C=O) groups excluding carboxylic acids is 2. The number of hydrogen-bond acceptors (Lipinski definition) is 6. The van der Waals surface area contributed by atoms with E-state index in [9.17, 15) is 18.0 Å². The monoisotopic (exact) mass is 477 g/mol. The highest BCUT2D eigenvalue weighted by Crippen LogP contribution is 2.35. The number of esters is 1. The molecule has 0 atom stereocenters. The summed E-state index contributed by atoms with van der Waals surface area (Å²) in [4.78, 5) is 30.2. The van der Waals surface area contributed by atoms with Crippen LogP contribution in [0.1, 0.15) is 55.8 Å².